The number of carbonyl (C=O) groups excluding carboxylic acids is 4. The van der Waals surface area contributed by atoms with Crippen molar-refractivity contribution in [3.05, 3.63) is 24.3 Å². The SMILES string of the molecule is CCCCCC/C=C\C=C/CCCCCCCC(=O)OC[C@H](COP(=O)(O)OC[C@@H](O)COP(=O)(O)OC[C@@H](COC(=O)CCCCCCCCCC)OC(=O)CCCCCCCCCCC(C)CC)OC(=O)CCCCCCCCCCCCCCCCCCCCC(C)CC. The zero-order valence-electron chi connectivity index (χ0n) is 62.9. The molecule has 572 valence electrons. The van der Waals surface area contributed by atoms with Gasteiger partial charge in [0.15, 0.2) is 12.2 Å². The summed E-state index contributed by atoms with van der Waals surface area (Å²) >= 11 is 0. The van der Waals surface area contributed by atoms with Gasteiger partial charge < -0.3 is 33.8 Å². The van der Waals surface area contributed by atoms with Crippen LogP contribution in [0.25, 0.3) is 0 Å². The lowest BCUT2D eigenvalue weighted by Gasteiger charge is -2.21. The Morgan fingerprint density at radius 3 is 0.876 bits per heavy atom. The fourth-order valence-corrected chi connectivity index (χ4v) is 13.0. The molecule has 0 rings (SSSR count). The highest BCUT2D eigenvalue weighted by Crippen LogP contribution is 2.45. The molecule has 0 aromatic carbocycles. The lowest BCUT2D eigenvalue weighted by atomic mass is 9.99. The number of ether oxygens (including phenoxy) is 4. The molecule has 0 fully saturated rings. The fraction of sp³-hybridized carbons (Fsp3) is 0.897. The molecule has 0 bridgehead atoms. The van der Waals surface area contributed by atoms with Gasteiger partial charge in [-0.1, -0.05) is 329 Å². The number of rotatable bonds is 75. The smallest absolute Gasteiger partial charge is 0.462 e. The molecule has 0 aromatic rings. The summed E-state index contributed by atoms with van der Waals surface area (Å²) in [5.74, 6) is -0.511. The van der Waals surface area contributed by atoms with Gasteiger partial charge in [0.1, 0.15) is 19.3 Å². The fourth-order valence-electron chi connectivity index (χ4n) is 11.4. The van der Waals surface area contributed by atoms with E-state index < -0.39 is 97.5 Å². The number of allylic oxidation sites excluding steroid dienone is 4. The van der Waals surface area contributed by atoms with Gasteiger partial charge >= 0.3 is 39.5 Å². The molecule has 4 unspecified atom stereocenters. The van der Waals surface area contributed by atoms with Crippen LogP contribution >= 0.6 is 15.6 Å². The first-order valence-electron chi connectivity index (χ1n) is 39.9. The molecular weight excluding hydrogens is 1270 g/mol. The molecule has 97 heavy (non-hydrogen) atoms. The monoisotopic (exact) mass is 1420 g/mol. The second kappa shape index (κ2) is 69.3. The number of aliphatic hydroxyl groups excluding tert-OH is 1. The highest BCUT2D eigenvalue weighted by Gasteiger charge is 2.30. The van der Waals surface area contributed by atoms with Gasteiger partial charge in [-0.15, -0.1) is 0 Å². The summed E-state index contributed by atoms with van der Waals surface area (Å²) in [6.45, 7) is 9.57. The van der Waals surface area contributed by atoms with Crippen molar-refractivity contribution in [2.75, 3.05) is 39.6 Å². The highest BCUT2D eigenvalue weighted by molar-refractivity contribution is 7.47. The van der Waals surface area contributed by atoms with Gasteiger partial charge in [-0.05, 0) is 63.2 Å². The first-order chi connectivity index (χ1) is 46.9. The van der Waals surface area contributed by atoms with Crippen molar-refractivity contribution in [2.45, 2.75) is 400 Å². The third kappa shape index (κ3) is 69.1. The number of phosphoric acid groups is 2. The molecule has 0 aliphatic carbocycles. The number of esters is 4. The van der Waals surface area contributed by atoms with Crippen LogP contribution in [0.4, 0.5) is 0 Å². The summed E-state index contributed by atoms with van der Waals surface area (Å²) in [6, 6.07) is 0. The van der Waals surface area contributed by atoms with Crippen molar-refractivity contribution < 1.29 is 80.2 Å². The van der Waals surface area contributed by atoms with Crippen LogP contribution in [0.5, 0.6) is 0 Å². The number of hydrogen-bond donors (Lipinski definition) is 3. The van der Waals surface area contributed by atoms with Crippen molar-refractivity contribution in [3.8, 4) is 0 Å². The maximum absolute atomic E-state index is 13.1. The first-order valence-corrected chi connectivity index (χ1v) is 42.9. The third-order valence-corrected chi connectivity index (χ3v) is 20.2. The lowest BCUT2D eigenvalue weighted by molar-refractivity contribution is -0.161. The summed E-state index contributed by atoms with van der Waals surface area (Å²) < 4.78 is 68.4. The molecule has 0 aliphatic heterocycles. The van der Waals surface area contributed by atoms with E-state index in [1.54, 1.807) is 0 Å². The normalized spacial score (nSPS) is 14.7. The van der Waals surface area contributed by atoms with E-state index in [1.165, 1.54) is 173 Å². The first kappa shape index (κ1) is 94.5. The van der Waals surface area contributed by atoms with Crippen LogP contribution in [0, 0.1) is 11.8 Å². The molecule has 0 radical (unpaired) electrons. The Hall–Kier alpha value is -2.46. The molecule has 3 N–H and O–H groups in total. The minimum absolute atomic E-state index is 0.101. The number of carbonyl (C=O) groups is 4. The van der Waals surface area contributed by atoms with E-state index in [2.05, 4.69) is 65.8 Å². The molecule has 7 atom stereocenters. The van der Waals surface area contributed by atoms with Crippen molar-refractivity contribution in [3.63, 3.8) is 0 Å². The van der Waals surface area contributed by atoms with E-state index in [-0.39, 0.29) is 25.7 Å². The van der Waals surface area contributed by atoms with Crippen LogP contribution in [0.2, 0.25) is 0 Å². The molecule has 0 aliphatic rings. The lowest BCUT2D eigenvalue weighted by Crippen LogP contribution is -2.30. The van der Waals surface area contributed by atoms with Crippen molar-refractivity contribution >= 4 is 39.5 Å². The summed E-state index contributed by atoms with van der Waals surface area (Å²) in [5.41, 5.74) is 0. The second-order valence-corrected chi connectivity index (χ2v) is 30.8. The second-order valence-electron chi connectivity index (χ2n) is 27.9. The van der Waals surface area contributed by atoms with Crippen LogP contribution in [-0.4, -0.2) is 96.7 Å². The predicted octanol–water partition coefficient (Wildman–Crippen LogP) is 22.7. The Kier molecular flexibility index (Phi) is 67.5. The molecule has 0 aromatic heterocycles. The molecule has 0 saturated carbocycles. The molecule has 0 saturated heterocycles. The molecule has 19 heteroatoms. The standard InChI is InChI=1S/C78H148O17P2/c1-7-11-13-15-17-19-20-21-26-30-33-36-43-49-55-61-76(81)89-67-74(94-77(82)62-56-50-44-37-34-31-28-25-23-22-24-27-29-32-35-40-46-52-58-70(5)9-3)69-93-97(86,87)91-65-72(79)64-90-96(84,85)92-68-73(66-88-75(80)60-54-48-42-18-16-14-12-8-2)95-78(83)63-57-51-45-39-38-41-47-53-59-71(6)10-4/h19-21,26,70-74,79H,7-18,22-25,27-69H2,1-6H3,(H,84,85)(H,86,87)/b20-19-,26-21-/t70?,71?,72-,73+,74+/m0/s1. The molecule has 0 spiro atoms. The summed E-state index contributed by atoms with van der Waals surface area (Å²) in [6.07, 6.45) is 60.5. The van der Waals surface area contributed by atoms with Crippen molar-refractivity contribution in [1.29, 1.82) is 0 Å². The van der Waals surface area contributed by atoms with E-state index in [0.717, 1.165) is 127 Å². The van der Waals surface area contributed by atoms with Crippen LogP contribution < -0.4 is 0 Å². The Bertz CT molecular complexity index is 1970. The predicted molar refractivity (Wildman–Crippen MR) is 395 cm³/mol. The van der Waals surface area contributed by atoms with Crippen molar-refractivity contribution in [2.24, 2.45) is 11.8 Å². The van der Waals surface area contributed by atoms with Crippen molar-refractivity contribution in [1.82, 2.24) is 0 Å². The van der Waals surface area contributed by atoms with Crippen LogP contribution in [0.3, 0.4) is 0 Å². The van der Waals surface area contributed by atoms with E-state index in [1.807, 2.05) is 0 Å². The Labute approximate surface area is 592 Å². The zero-order valence-corrected chi connectivity index (χ0v) is 64.7. The average molecular weight is 1420 g/mol. The number of unbranched alkanes of at least 4 members (excludes halogenated alkanes) is 40. The average Bonchev–Trinajstić information content (AvgIpc) is 1.07. The number of aliphatic hydroxyl groups is 1. The maximum atomic E-state index is 13.1. The van der Waals surface area contributed by atoms with Gasteiger partial charge in [0.25, 0.3) is 0 Å². The molecule has 0 heterocycles. The maximum Gasteiger partial charge on any atom is 0.472 e. The van der Waals surface area contributed by atoms with Gasteiger partial charge in [-0.3, -0.25) is 37.3 Å². The number of phosphoric ester groups is 2. The summed E-state index contributed by atoms with van der Waals surface area (Å²) in [7, 11) is -9.92. The quantitative estimate of drug-likeness (QED) is 0.0169. The number of hydrogen-bond acceptors (Lipinski definition) is 15. The summed E-state index contributed by atoms with van der Waals surface area (Å²) in [4.78, 5) is 72.7. The largest absolute Gasteiger partial charge is 0.472 e. The van der Waals surface area contributed by atoms with E-state index in [0.29, 0.717) is 25.7 Å². The Balaban J connectivity index is 5.21. The van der Waals surface area contributed by atoms with Gasteiger partial charge in [-0.2, -0.15) is 0 Å². The Morgan fingerprint density at radius 1 is 0.330 bits per heavy atom. The van der Waals surface area contributed by atoms with Crippen LogP contribution in [-0.2, 0) is 65.4 Å². The van der Waals surface area contributed by atoms with E-state index >= 15 is 0 Å². The van der Waals surface area contributed by atoms with Gasteiger partial charge in [0.05, 0.1) is 26.4 Å². The summed E-state index contributed by atoms with van der Waals surface area (Å²) in [5, 5.41) is 10.6. The van der Waals surface area contributed by atoms with Gasteiger partial charge in [-0.25, -0.2) is 9.13 Å². The van der Waals surface area contributed by atoms with E-state index in [4.69, 9.17) is 37.0 Å². The molecule has 17 nitrogen and oxygen atoms in total. The Morgan fingerprint density at radius 2 is 0.577 bits per heavy atom. The topological polar surface area (TPSA) is 237 Å². The minimum atomic E-state index is -4.97. The van der Waals surface area contributed by atoms with Gasteiger partial charge in [0.2, 0.25) is 0 Å². The van der Waals surface area contributed by atoms with E-state index in [9.17, 15) is 43.2 Å². The third-order valence-electron chi connectivity index (χ3n) is 18.3. The van der Waals surface area contributed by atoms with Crippen LogP contribution in [0.1, 0.15) is 382 Å². The highest BCUT2D eigenvalue weighted by atomic mass is 31.2. The zero-order chi connectivity index (χ0) is 71.4. The minimum Gasteiger partial charge on any atom is -0.462 e. The van der Waals surface area contributed by atoms with Gasteiger partial charge in [0, 0.05) is 25.7 Å². The molecule has 0 amide bonds. The molecular formula is C78H148O17P2. The van der Waals surface area contributed by atoms with Crippen LogP contribution in [0.15, 0.2) is 24.3 Å².